The van der Waals surface area contributed by atoms with Crippen LogP contribution >= 0.6 is 15.9 Å². The van der Waals surface area contributed by atoms with E-state index in [0.717, 1.165) is 4.60 Å². The first-order valence-electron chi connectivity index (χ1n) is 11.4. The average molecular weight is 425 g/mol. The summed E-state index contributed by atoms with van der Waals surface area (Å²) in [5, 5.41) is 0. The van der Waals surface area contributed by atoms with E-state index in [0.29, 0.717) is 0 Å². The fourth-order valence-corrected chi connectivity index (χ4v) is 4.06. The van der Waals surface area contributed by atoms with Crippen LogP contribution < -0.4 is 0 Å². The van der Waals surface area contributed by atoms with Crippen molar-refractivity contribution in [1.29, 1.82) is 0 Å². The van der Waals surface area contributed by atoms with Crippen molar-refractivity contribution in [3.05, 3.63) is 28.5 Å². The highest BCUT2D eigenvalue weighted by atomic mass is 79.9. The van der Waals surface area contributed by atoms with Crippen molar-refractivity contribution in [2.45, 2.75) is 122 Å². The number of pyridine rings is 1. The van der Waals surface area contributed by atoms with Crippen molar-refractivity contribution in [3.8, 4) is 0 Å². The Morgan fingerprint density at radius 2 is 1.08 bits per heavy atom. The Hall–Kier alpha value is -0.370. The predicted octanol–water partition coefficient (Wildman–Crippen LogP) is 9.04. The smallest absolute Gasteiger partial charge is 0.106 e. The van der Waals surface area contributed by atoms with Gasteiger partial charge in [-0.3, -0.25) is 0 Å². The highest BCUT2D eigenvalue weighted by molar-refractivity contribution is 9.10. The van der Waals surface area contributed by atoms with Gasteiger partial charge in [-0.2, -0.15) is 0 Å². The predicted molar refractivity (Wildman–Crippen MR) is 120 cm³/mol. The second-order valence-electron chi connectivity index (χ2n) is 7.89. The first-order chi connectivity index (χ1) is 12.8. The van der Waals surface area contributed by atoms with Crippen LogP contribution in [0.3, 0.4) is 0 Å². The molecule has 0 bridgehead atoms. The topological polar surface area (TPSA) is 12.9 Å². The van der Waals surface area contributed by atoms with Gasteiger partial charge in [-0.05, 0) is 46.5 Å². The zero-order chi connectivity index (χ0) is 18.7. The van der Waals surface area contributed by atoms with E-state index < -0.39 is 0 Å². The van der Waals surface area contributed by atoms with Crippen molar-refractivity contribution in [1.82, 2.24) is 4.98 Å². The normalized spacial score (nSPS) is 11.2. The van der Waals surface area contributed by atoms with Gasteiger partial charge in [0.2, 0.25) is 0 Å². The van der Waals surface area contributed by atoms with Gasteiger partial charge < -0.3 is 0 Å². The Balaban J connectivity index is 1.73. The van der Waals surface area contributed by atoms with Crippen LogP contribution in [0.15, 0.2) is 22.9 Å². The molecule has 1 aromatic heterocycles. The summed E-state index contributed by atoms with van der Waals surface area (Å²) in [6, 6.07) is 4.28. The van der Waals surface area contributed by atoms with Crippen molar-refractivity contribution >= 4 is 15.9 Å². The maximum Gasteiger partial charge on any atom is 0.106 e. The quantitative estimate of drug-likeness (QED) is 0.169. The van der Waals surface area contributed by atoms with E-state index in [2.05, 4.69) is 40.0 Å². The standard InChI is InChI=1S/C24H42BrN/c1-2-3-4-5-6-7-8-9-10-11-12-13-14-15-16-17-18-19-23-20-21-26-24(25)22-23/h20-22H,2-19H2,1H3. The number of aromatic nitrogens is 1. The molecule has 0 aromatic carbocycles. The van der Waals surface area contributed by atoms with Gasteiger partial charge in [-0.25, -0.2) is 4.98 Å². The summed E-state index contributed by atoms with van der Waals surface area (Å²) in [6.45, 7) is 2.30. The third kappa shape index (κ3) is 14.8. The molecule has 2 heteroatoms. The van der Waals surface area contributed by atoms with Gasteiger partial charge in [0, 0.05) is 6.20 Å². The molecule has 1 heterocycles. The molecule has 1 nitrogen and oxygen atoms in total. The van der Waals surface area contributed by atoms with E-state index in [1.807, 2.05) is 6.20 Å². The summed E-state index contributed by atoms with van der Waals surface area (Å²) >= 11 is 3.44. The second kappa shape index (κ2) is 18.0. The van der Waals surface area contributed by atoms with E-state index in [4.69, 9.17) is 0 Å². The number of rotatable bonds is 18. The largest absolute Gasteiger partial charge is 0.249 e. The van der Waals surface area contributed by atoms with Crippen LogP contribution in [-0.2, 0) is 6.42 Å². The Kier molecular flexibility index (Phi) is 16.4. The van der Waals surface area contributed by atoms with Crippen LogP contribution in [0.2, 0.25) is 0 Å². The first kappa shape index (κ1) is 23.7. The molecule has 26 heavy (non-hydrogen) atoms. The lowest BCUT2D eigenvalue weighted by atomic mass is 10.0. The van der Waals surface area contributed by atoms with E-state index in [1.165, 1.54) is 121 Å². The molecule has 0 radical (unpaired) electrons. The van der Waals surface area contributed by atoms with Gasteiger partial charge in [0.05, 0.1) is 0 Å². The highest BCUT2D eigenvalue weighted by Gasteiger charge is 1.97. The SMILES string of the molecule is CCCCCCCCCCCCCCCCCCCc1ccnc(Br)c1. The number of unbranched alkanes of at least 4 members (excludes halogenated alkanes) is 16. The lowest BCUT2D eigenvalue weighted by Gasteiger charge is -2.04. The van der Waals surface area contributed by atoms with E-state index >= 15 is 0 Å². The second-order valence-corrected chi connectivity index (χ2v) is 8.71. The lowest BCUT2D eigenvalue weighted by molar-refractivity contribution is 0.527. The Morgan fingerprint density at radius 1 is 0.654 bits per heavy atom. The highest BCUT2D eigenvalue weighted by Crippen LogP contribution is 2.15. The van der Waals surface area contributed by atoms with E-state index in [9.17, 15) is 0 Å². The summed E-state index contributed by atoms with van der Waals surface area (Å²) in [7, 11) is 0. The molecule has 0 N–H and O–H groups in total. The molecule has 0 aliphatic rings. The summed E-state index contributed by atoms with van der Waals surface area (Å²) in [4.78, 5) is 4.18. The molecule has 0 spiro atoms. The molecule has 0 aliphatic heterocycles. The van der Waals surface area contributed by atoms with Crippen LogP contribution in [0, 0.1) is 0 Å². The van der Waals surface area contributed by atoms with Crippen molar-refractivity contribution in [2.24, 2.45) is 0 Å². The Bertz CT molecular complexity index is 418. The zero-order valence-electron chi connectivity index (χ0n) is 17.3. The fraction of sp³-hybridized carbons (Fsp3) is 0.792. The zero-order valence-corrected chi connectivity index (χ0v) is 18.9. The average Bonchev–Trinajstić information content (AvgIpc) is 2.64. The minimum absolute atomic E-state index is 0.960. The molecular weight excluding hydrogens is 382 g/mol. The monoisotopic (exact) mass is 423 g/mol. The van der Waals surface area contributed by atoms with Crippen LogP contribution in [0.4, 0.5) is 0 Å². The third-order valence-corrected chi connectivity index (χ3v) is 5.79. The number of nitrogens with zero attached hydrogens (tertiary/aromatic N) is 1. The lowest BCUT2D eigenvalue weighted by Crippen LogP contribution is -1.88. The van der Waals surface area contributed by atoms with Crippen LogP contribution in [-0.4, -0.2) is 4.98 Å². The Labute approximate surface area is 171 Å². The maximum atomic E-state index is 4.18. The molecule has 0 unspecified atom stereocenters. The molecule has 0 saturated heterocycles. The molecule has 150 valence electrons. The summed E-state index contributed by atoms with van der Waals surface area (Å²) in [5.74, 6) is 0. The van der Waals surface area contributed by atoms with Gasteiger partial charge in [0.15, 0.2) is 0 Å². The summed E-state index contributed by atoms with van der Waals surface area (Å²) in [5.41, 5.74) is 1.41. The Morgan fingerprint density at radius 3 is 1.50 bits per heavy atom. The summed E-state index contributed by atoms with van der Waals surface area (Å²) in [6.07, 6.45) is 27.5. The number of aryl methyl sites for hydroxylation is 1. The minimum atomic E-state index is 0.960. The van der Waals surface area contributed by atoms with Gasteiger partial charge >= 0.3 is 0 Å². The molecular formula is C24H42BrN. The van der Waals surface area contributed by atoms with Gasteiger partial charge in [0.25, 0.3) is 0 Å². The van der Waals surface area contributed by atoms with E-state index in [-0.39, 0.29) is 0 Å². The maximum absolute atomic E-state index is 4.18. The number of hydrogen-bond donors (Lipinski definition) is 0. The number of hydrogen-bond acceptors (Lipinski definition) is 1. The van der Waals surface area contributed by atoms with Crippen LogP contribution in [0.1, 0.15) is 122 Å². The third-order valence-electron chi connectivity index (χ3n) is 5.36. The van der Waals surface area contributed by atoms with Gasteiger partial charge in [-0.1, -0.05) is 110 Å². The van der Waals surface area contributed by atoms with E-state index in [1.54, 1.807) is 0 Å². The minimum Gasteiger partial charge on any atom is -0.249 e. The molecule has 0 aliphatic carbocycles. The van der Waals surface area contributed by atoms with Gasteiger partial charge in [0.1, 0.15) is 4.60 Å². The first-order valence-corrected chi connectivity index (χ1v) is 12.2. The van der Waals surface area contributed by atoms with Crippen molar-refractivity contribution < 1.29 is 0 Å². The molecule has 0 fully saturated rings. The molecule has 1 aromatic rings. The number of halogens is 1. The van der Waals surface area contributed by atoms with Crippen molar-refractivity contribution in [2.75, 3.05) is 0 Å². The van der Waals surface area contributed by atoms with Gasteiger partial charge in [-0.15, -0.1) is 0 Å². The fourth-order valence-electron chi connectivity index (χ4n) is 3.65. The molecule has 0 amide bonds. The molecule has 0 atom stereocenters. The van der Waals surface area contributed by atoms with Crippen LogP contribution in [0.5, 0.6) is 0 Å². The van der Waals surface area contributed by atoms with Crippen molar-refractivity contribution in [3.63, 3.8) is 0 Å². The summed E-state index contributed by atoms with van der Waals surface area (Å²) < 4.78 is 0.960. The molecule has 1 rings (SSSR count). The van der Waals surface area contributed by atoms with Crippen LogP contribution in [0.25, 0.3) is 0 Å². The molecule has 0 saturated carbocycles.